The van der Waals surface area contributed by atoms with E-state index >= 15 is 0 Å². The number of halogens is 1. The van der Waals surface area contributed by atoms with Crippen LogP contribution < -0.4 is 11.1 Å². The Kier molecular flexibility index (Phi) is 2.69. The predicted molar refractivity (Wildman–Crippen MR) is 63.6 cm³/mol. The molecule has 1 aromatic carbocycles. The van der Waals surface area contributed by atoms with Gasteiger partial charge in [0.2, 0.25) is 0 Å². The number of nitrogen functional groups attached to an aromatic ring is 1. The second-order valence-electron chi connectivity index (χ2n) is 4.03. The Labute approximate surface area is 97.2 Å². The first-order valence-electron chi connectivity index (χ1n) is 4.94. The van der Waals surface area contributed by atoms with Crippen LogP contribution in [0, 0.1) is 5.92 Å². The van der Waals surface area contributed by atoms with Gasteiger partial charge in [-0.3, -0.25) is 4.79 Å². The maximum atomic E-state index is 11.7. The predicted octanol–water partition coefficient (Wildman–Crippen LogP) is 2.17. The Morgan fingerprint density at radius 3 is 2.80 bits per heavy atom. The van der Waals surface area contributed by atoms with Gasteiger partial charge in [0.25, 0.3) is 5.91 Å². The van der Waals surface area contributed by atoms with E-state index in [1.807, 2.05) is 0 Å². The second kappa shape index (κ2) is 3.85. The molecule has 1 amide bonds. The molecule has 2 rings (SSSR count). The third-order valence-corrected chi connectivity index (χ3v) is 3.38. The molecule has 3 N–H and O–H groups in total. The fourth-order valence-electron chi connectivity index (χ4n) is 1.44. The number of carbonyl (C=O) groups excluding carboxylic acids is 1. The van der Waals surface area contributed by atoms with Gasteiger partial charge < -0.3 is 11.1 Å². The minimum Gasteiger partial charge on any atom is -0.398 e. The molecule has 2 unspecified atom stereocenters. The molecule has 1 aromatic rings. The van der Waals surface area contributed by atoms with E-state index in [9.17, 15) is 4.79 Å². The number of amides is 1. The summed E-state index contributed by atoms with van der Waals surface area (Å²) >= 11 is 3.30. The van der Waals surface area contributed by atoms with Gasteiger partial charge in [0.15, 0.2) is 0 Å². The number of nitrogens with one attached hydrogen (secondary N) is 1. The first-order valence-corrected chi connectivity index (χ1v) is 5.73. The molecule has 0 heterocycles. The fourth-order valence-corrected chi connectivity index (χ4v) is 1.82. The molecule has 1 aliphatic rings. The molecule has 80 valence electrons. The highest BCUT2D eigenvalue weighted by atomic mass is 79.9. The molecular weight excluding hydrogens is 256 g/mol. The van der Waals surface area contributed by atoms with Gasteiger partial charge in [0, 0.05) is 21.8 Å². The summed E-state index contributed by atoms with van der Waals surface area (Å²) in [5.41, 5.74) is 6.94. The van der Waals surface area contributed by atoms with E-state index in [4.69, 9.17) is 5.73 Å². The summed E-state index contributed by atoms with van der Waals surface area (Å²) in [7, 11) is 0. The standard InChI is InChI=1S/C11H13BrN2O/c1-6-4-10(6)14-11(15)7-2-3-9(13)8(12)5-7/h2-3,5-6,10H,4,13H2,1H3,(H,14,15). The number of benzene rings is 1. The Hall–Kier alpha value is -1.03. The largest absolute Gasteiger partial charge is 0.398 e. The van der Waals surface area contributed by atoms with Crippen molar-refractivity contribution in [2.24, 2.45) is 5.92 Å². The fraction of sp³-hybridized carbons (Fsp3) is 0.364. The van der Waals surface area contributed by atoms with Gasteiger partial charge in [0.05, 0.1) is 0 Å². The number of anilines is 1. The highest BCUT2D eigenvalue weighted by Gasteiger charge is 2.33. The van der Waals surface area contributed by atoms with Crippen molar-refractivity contribution in [3.63, 3.8) is 0 Å². The minimum absolute atomic E-state index is 0.0231. The quantitative estimate of drug-likeness (QED) is 0.808. The SMILES string of the molecule is CC1CC1NC(=O)c1ccc(N)c(Br)c1. The van der Waals surface area contributed by atoms with Gasteiger partial charge in [-0.15, -0.1) is 0 Å². The number of carbonyl (C=O) groups is 1. The molecular formula is C11H13BrN2O. The normalized spacial score (nSPS) is 23.6. The summed E-state index contributed by atoms with van der Waals surface area (Å²) in [5.74, 6) is 0.594. The summed E-state index contributed by atoms with van der Waals surface area (Å²) < 4.78 is 0.763. The molecule has 1 aliphatic carbocycles. The molecule has 0 spiro atoms. The van der Waals surface area contributed by atoms with Crippen LogP contribution >= 0.6 is 15.9 Å². The lowest BCUT2D eigenvalue weighted by Crippen LogP contribution is -2.26. The minimum atomic E-state index is -0.0231. The van der Waals surface area contributed by atoms with Crippen LogP contribution in [0.2, 0.25) is 0 Å². The van der Waals surface area contributed by atoms with Crippen LogP contribution in [0.3, 0.4) is 0 Å². The van der Waals surface area contributed by atoms with E-state index in [0.29, 0.717) is 23.2 Å². The lowest BCUT2D eigenvalue weighted by Gasteiger charge is -2.05. The number of hydrogen-bond donors (Lipinski definition) is 2. The van der Waals surface area contributed by atoms with Gasteiger partial charge in [-0.05, 0) is 46.5 Å². The first kappa shape index (κ1) is 10.5. The Morgan fingerprint density at radius 1 is 1.60 bits per heavy atom. The third kappa shape index (κ3) is 2.31. The first-order chi connectivity index (χ1) is 7.08. The molecule has 15 heavy (non-hydrogen) atoms. The molecule has 0 aromatic heterocycles. The molecule has 3 nitrogen and oxygen atoms in total. The van der Waals surface area contributed by atoms with Crippen LogP contribution in [0.5, 0.6) is 0 Å². The van der Waals surface area contributed by atoms with Gasteiger partial charge >= 0.3 is 0 Å². The zero-order chi connectivity index (χ0) is 11.0. The molecule has 2 atom stereocenters. The van der Waals surface area contributed by atoms with Crippen LogP contribution in [0.15, 0.2) is 22.7 Å². The number of rotatable bonds is 2. The van der Waals surface area contributed by atoms with Crippen molar-refractivity contribution in [2.45, 2.75) is 19.4 Å². The van der Waals surface area contributed by atoms with Crippen LogP contribution in [-0.4, -0.2) is 11.9 Å². The highest BCUT2D eigenvalue weighted by Crippen LogP contribution is 2.29. The zero-order valence-corrected chi connectivity index (χ0v) is 10.0. The average Bonchev–Trinajstić information content (AvgIpc) is 2.86. The van der Waals surface area contributed by atoms with Gasteiger partial charge in [-0.25, -0.2) is 0 Å². The molecule has 1 fully saturated rings. The van der Waals surface area contributed by atoms with Crippen LogP contribution in [0.25, 0.3) is 0 Å². The highest BCUT2D eigenvalue weighted by molar-refractivity contribution is 9.10. The summed E-state index contributed by atoms with van der Waals surface area (Å²) in [5, 5.41) is 2.97. The maximum Gasteiger partial charge on any atom is 0.251 e. The number of hydrogen-bond acceptors (Lipinski definition) is 2. The topological polar surface area (TPSA) is 55.1 Å². The Morgan fingerprint density at radius 2 is 2.27 bits per heavy atom. The van der Waals surface area contributed by atoms with Gasteiger partial charge in [0.1, 0.15) is 0 Å². The number of nitrogens with two attached hydrogens (primary N) is 1. The summed E-state index contributed by atoms with van der Waals surface area (Å²) in [6, 6.07) is 5.57. The molecule has 0 saturated heterocycles. The Bertz CT molecular complexity index is 406. The van der Waals surface area contributed by atoms with E-state index in [1.165, 1.54) is 0 Å². The van der Waals surface area contributed by atoms with Crippen LogP contribution in [-0.2, 0) is 0 Å². The molecule has 0 bridgehead atoms. The zero-order valence-electron chi connectivity index (χ0n) is 8.46. The van der Waals surface area contributed by atoms with Gasteiger partial charge in [-0.1, -0.05) is 6.92 Å². The lowest BCUT2D eigenvalue weighted by molar-refractivity contribution is 0.0949. The van der Waals surface area contributed by atoms with Crippen molar-refractivity contribution in [3.05, 3.63) is 28.2 Å². The van der Waals surface area contributed by atoms with Crippen molar-refractivity contribution in [3.8, 4) is 0 Å². The molecule has 1 saturated carbocycles. The van der Waals surface area contributed by atoms with Crippen molar-refractivity contribution in [1.29, 1.82) is 0 Å². The van der Waals surface area contributed by atoms with Crippen molar-refractivity contribution in [2.75, 3.05) is 5.73 Å². The molecule has 0 radical (unpaired) electrons. The lowest BCUT2D eigenvalue weighted by atomic mass is 10.2. The third-order valence-electron chi connectivity index (χ3n) is 2.69. The molecule has 0 aliphatic heterocycles. The van der Waals surface area contributed by atoms with E-state index in [1.54, 1.807) is 18.2 Å². The maximum absolute atomic E-state index is 11.7. The summed E-state index contributed by atoms with van der Waals surface area (Å²) in [6.45, 7) is 2.13. The van der Waals surface area contributed by atoms with Crippen molar-refractivity contribution < 1.29 is 4.79 Å². The van der Waals surface area contributed by atoms with Crippen LogP contribution in [0.1, 0.15) is 23.7 Å². The average molecular weight is 269 g/mol. The smallest absolute Gasteiger partial charge is 0.251 e. The van der Waals surface area contributed by atoms with E-state index < -0.39 is 0 Å². The van der Waals surface area contributed by atoms with Crippen molar-refractivity contribution in [1.82, 2.24) is 5.32 Å². The Balaban J connectivity index is 2.08. The summed E-state index contributed by atoms with van der Waals surface area (Å²) in [4.78, 5) is 11.7. The van der Waals surface area contributed by atoms with Crippen molar-refractivity contribution >= 4 is 27.5 Å². The monoisotopic (exact) mass is 268 g/mol. The van der Waals surface area contributed by atoms with Gasteiger partial charge in [-0.2, -0.15) is 0 Å². The van der Waals surface area contributed by atoms with E-state index in [2.05, 4.69) is 28.2 Å². The van der Waals surface area contributed by atoms with E-state index in [-0.39, 0.29) is 5.91 Å². The van der Waals surface area contributed by atoms with E-state index in [0.717, 1.165) is 10.9 Å². The second-order valence-corrected chi connectivity index (χ2v) is 4.88. The van der Waals surface area contributed by atoms with Crippen LogP contribution in [0.4, 0.5) is 5.69 Å². The summed E-state index contributed by atoms with van der Waals surface area (Å²) in [6.07, 6.45) is 1.09. The molecule has 4 heteroatoms.